The third-order valence-corrected chi connectivity index (χ3v) is 4.91. The molecule has 2 aromatic carbocycles. The lowest BCUT2D eigenvalue weighted by molar-refractivity contribution is 0.640. The van der Waals surface area contributed by atoms with Crippen LogP contribution in [0.3, 0.4) is 0 Å². The summed E-state index contributed by atoms with van der Waals surface area (Å²) in [6.07, 6.45) is 4.44. The number of aromatic nitrogens is 3. The predicted octanol–water partition coefficient (Wildman–Crippen LogP) is 4.08. The fraction of sp³-hybridized carbons (Fsp3) is 0.143. The summed E-state index contributed by atoms with van der Waals surface area (Å²) in [6.45, 7) is 1.06. The van der Waals surface area contributed by atoms with Crippen molar-refractivity contribution in [1.82, 2.24) is 14.8 Å². The number of nitrogens with zero attached hydrogens (tertiary/aromatic N) is 2. The Bertz CT molecular complexity index is 1120. The van der Waals surface area contributed by atoms with Gasteiger partial charge in [-0.05, 0) is 23.6 Å². The standard InChI is InChI=1S/C21H19ClN4O/c22-20-19(13-25-26(21(20)27)14-15-6-2-1-3-7-15)23-11-10-16-12-24-18-9-5-4-8-17(16)18/h1-9,12-13,23-24H,10-11,14H2. The fourth-order valence-electron chi connectivity index (χ4n) is 3.13. The maximum absolute atomic E-state index is 12.5. The van der Waals surface area contributed by atoms with Crippen LogP contribution in [0.15, 0.2) is 71.8 Å². The van der Waals surface area contributed by atoms with Crippen molar-refractivity contribution in [2.75, 3.05) is 11.9 Å². The van der Waals surface area contributed by atoms with Crippen LogP contribution < -0.4 is 10.9 Å². The Morgan fingerprint density at radius 3 is 2.70 bits per heavy atom. The van der Waals surface area contributed by atoms with Crippen molar-refractivity contribution < 1.29 is 0 Å². The molecule has 5 nitrogen and oxygen atoms in total. The number of anilines is 1. The molecule has 0 aliphatic heterocycles. The van der Waals surface area contributed by atoms with Crippen LogP contribution in [0.5, 0.6) is 0 Å². The first-order valence-electron chi connectivity index (χ1n) is 8.81. The molecule has 0 radical (unpaired) electrons. The first-order valence-corrected chi connectivity index (χ1v) is 9.18. The van der Waals surface area contributed by atoms with E-state index in [1.54, 1.807) is 6.20 Å². The molecular formula is C21H19ClN4O. The molecule has 2 heterocycles. The monoisotopic (exact) mass is 378 g/mol. The fourth-order valence-corrected chi connectivity index (χ4v) is 3.34. The van der Waals surface area contributed by atoms with E-state index in [0.29, 0.717) is 18.8 Å². The van der Waals surface area contributed by atoms with Crippen LogP contribution in [0.2, 0.25) is 5.02 Å². The molecule has 0 bridgehead atoms. The molecule has 136 valence electrons. The molecule has 6 heteroatoms. The van der Waals surface area contributed by atoms with Crippen molar-refractivity contribution in [3.05, 3.63) is 93.5 Å². The van der Waals surface area contributed by atoms with Crippen molar-refractivity contribution in [3.8, 4) is 0 Å². The smallest absolute Gasteiger partial charge is 0.287 e. The molecule has 0 aliphatic carbocycles. The van der Waals surface area contributed by atoms with Crippen LogP contribution in [-0.4, -0.2) is 21.3 Å². The summed E-state index contributed by atoms with van der Waals surface area (Å²) < 4.78 is 1.38. The van der Waals surface area contributed by atoms with Gasteiger partial charge < -0.3 is 10.3 Å². The van der Waals surface area contributed by atoms with Gasteiger partial charge in [0.25, 0.3) is 5.56 Å². The van der Waals surface area contributed by atoms with E-state index in [9.17, 15) is 4.79 Å². The van der Waals surface area contributed by atoms with Gasteiger partial charge in [0.05, 0.1) is 18.4 Å². The van der Waals surface area contributed by atoms with Gasteiger partial charge in [-0.15, -0.1) is 0 Å². The first-order chi connectivity index (χ1) is 13.2. The van der Waals surface area contributed by atoms with Crippen LogP contribution in [0.1, 0.15) is 11.1 Å². The van der Waals surface area contributed by atoms with E-state index in [2.05, 4.69) is 27.5 Å². The predicted molar refractivity (Wildman–Crippen MR) is 110 cm³/mol. The molecule has 0 atom stereocenters. The first kappa shape index (κ1) is 17.4. The second kappa shape index (κ2) is 7.68. The number of H-pyrrole nitrogens is 1. The highest BCUT2D eigenvalue weighted by molar-refractivity contribution is 6.32. The van der Waals surface area contributed by atoms with E-state index >= 15 is 0 Å². The summed E-state index contributed by atoms with van der Waals surface area (Å²) in [4.78, 5) is 15.8. The maximum atomic E-state index is 12.5. The number of hydrogen-bond donors (Lipinski definition) is 2. The summed E-state index contributed by atoms with van der Waals surface area (Å²) in [5, 5.41) is 8.85. The zero-order valence-corrected chi connectivity index (χ0v) is 15.4. The minimum atomic E-state index is -0.294. The summed E-state index contributed by atoms with van der Waals surface area (Å²) >= 11 is 6.28. The van der Waals surface area contributed by atoms with E-state index in [-0.39, 0.29) is 10.6 Å². The van der Waals surface area contributed by atoms with E-state index < -0.39 is 0 Å². The van der Waals surface area contributed by atoms with Crippen LogP contribution >= 0.6 is 11.6 Å². The highest BCUT2D eigenvalue weighted by atomic mass is 35.5. The van der Waals surface area contributed by atoms with Gasteiger partial charge >= 0.3 is 0 Å². The number of rotatable bonds is 6. The summed E-state index contributed by atoms with van der Waals surface area (Å²) in [5.74, 6) is 0. The molecule has 0 spiro atoms. The van der Waals surface area contributed by atoms with Gasteiger partial charge in [0.1, 0.15) is 5.02 Å². The van der Waals surface area contributed by atoms with Crippen molar-refractivity contribution in [2.45, 2.75) is 13.0 Å². The van der Waals surface area contributed by atoms with Gasteiger partial charge in [-0.3, -0.25) is 4.79 Å². The average Bonchev–Trinajstić information content (AvgIpc) is 3.11. The number of aromatic amines is 1. The maximum Gasteiger partial charge on any atom is 0.287 e. The molecule has 2 aromatic heterocycles. The number of fused-ring (bicyclic) bond motifs is 1. The Morgan fingerprint density at radius 1 is 1.07 bits per heavy atom. The summed E-state index contributed by atoms with van der Waals surface area (Å²) in [5.41, 5.74) is 3.61. The number of para-hydroxylation sites is 1. The zero-order valence-electron chi connectivity index (χ0n) is 14.7. The van der Waals surface area contributed by atoms with Crippen LogP contribution in [0, 0.1) is 0 Å². The molecule has 0 amide bonds. The van der Waals surface area contributed by atoms with E-state index in [0.717, 1.165) is 17.5 Å². The minimum Gasteiger partial charge on any atom is -0.382 e. The molecule has 0 aliphatic rings. The van der Waals surface area contributed by atoms with Gasteiger partial charge in [0, 0.05) is 23.6 Å². The van der Waals surface area contributed by atoms with Gasteiger partial charge in [0.15, 0.2) is 0 Å². The summed E-state index contributed by atoms with van der Waals surface area (Å²) in [7, 11) is 0. The lowest BCUT2D eigenvalue weighted by Crippen LogP contribution is -2.25. The third-order valence-electron chi connectivity index (χ3n) is 4.54. The molecule has 0 saturated heterocycles. The Balaban J connectivity index is 1.45. The average molecular weight is 379 g/mol. The zero-order chi connectivity index (χ0) is 18.6. The Kier molecular flexibility index (Phi) is 4.94. The van der Waals surface area contributed by atoms with Crippen LogP contribution in [0.4, 0.5) is 5.69 Å². The Morgan fingerprint density at radius 2 is 1.85 bits per heavy atom. The number of halogens is 1. The van der Waals surface area contributed by atoms with Crippen molar-refractivity contribution in [3.63, 3.8) is 0 Å². The van der Waals surface area contributed by atoms with Crippen molar-refractivity contribution in [2.24, 2.45) is 0 Å². The number of hydrogen-bond acceptors (Lipinski definition) is 3. The second-order valence-electron chi connectivity index (χ2n) is 6.36. The number of nitrogens with one attached hydrogen (secondary N) is 2. The Labute approximate surface area is 161 Å². The highest BCUT2D eigenvalue weighted by Gasteiger charge is 2.10. The number of benzene rings is 2. The topological polar surface area (TPSA) is 62.7 Å². The summed E-state index contributed by atoms with van der Waals surface area (Å²) in [6, 6.07) is 17.9. The van der Waals surface area contributed by atoms with E-state index in [1.807, 2.05) is 48.7 Å². The van der Waals surface area contributed by atoms with Crippen molar-refractivity contribution in [1.29, 1.82) is 0 Å². The molecule has 0 unspecified atom stereocenters. The van der Waals surface area contributed by atoms with Gasteiger partial charge in [-0.1, -0.05) is 60.1 Å². The quantitative estimate of drug-likeness (QED) is 0.531. The van der Waals surface area contributed by atoms with Gasteiger partial charge in [-0.25, -0.2) is 4.68 Å². The van der Waals surface area contributed by atoms with Crippen LogP contribution in [0.25, 0.3) is 10.9 Å². The van der Waals surface area contributed by atoms with E-state index in [1.165, 1.54) is 15.6 Å². The molecule has 4 aromatic rings. The van der Waals surface area contributed by atoms with Gasteiger partial charge in [-0.2, -0.15) is 5.10 Å². The lowest BCUT2D eigenvalue weighted by atomic mass is 10.1. The molecule has 0 saturated carbocycles. The molecule has 2 N–H and O–H groups in total. The highest BCUT2D eigenvalue weighted by Crippen LogP contribution is 2.19. The Hall–Kier alpha value is -3.05. The third kappa shape index (κ3) is 3.73. The molecule has 4 rings (SSSR count). The van der Waals surface area contributed by atoms with Crippen LogP contribution in [-0.2, 0) is 13.0 Å². The largest absolute Gasteiger partial charge is 0.382 e. The van der Waals surface area contributed by atoms with Crippen molar-refractivity contribution >= 4 is 28.2 Å². The van der Waals surface area contributed by atoms with E-state index in [4.69, 9.17) is 11.6 Å². The van der Waals surface area contributed by atoms with Gasteiger partial charge in [0.2, 0.25) is 0 Å². The molecular weight excluding hydrogens is 360 g/mol. The molecule has 27 heavy (non-hydrogen) atoms. The molecule has 0 fully saturated rings. The second-order valence-corrected chi connectivity index (χ2v) is 6.73. The minimum absolute atomic E-state index is 0.167. The lowest BCUT2D eigenvalue weighted by Gasteiger charge is -2.10. The SMILES string of the molecule is O=c1c(Cl)c(NCCc2c[nH]c3ccccc23)cnn1Cc1ccccc1. The normalized spacial score (nSPS) is 11.0.